The summed E-state index contributed by atoms with van der Waals surface area (Å²) in [5.74, 6) is 0. The Kier molecular flexibility index (Phi) is 1.52. The molecule has 0 amide bonds. The number of benzene rings is 1. The van der Waals surface area contributed by atoms with Crippen LogP contribution in [0.25, 0.3) is 11.0 Å². The number of fused-ring (bicyclic) bond motifs is 1. The third kappa shape index (κ3) is 0.953. The average Bonchev–Trinajstić information content (AvgIpc) is 2.44. The first-order valence-electron chi connectivity index (χ1n) is 3.39. The van der Waals surface area contributed by atoms with Crippen molar-refractivity contribution >= 4 is 23.7 Å². The number of hydrogen-bond acceptors (Lipinski definition) is 3. The van der Waals surface area contributed by atoms with Crippen LogP contribution >= 0.6 is 12.6 Å². The summed E-state index contributed by atoms with van der Waals surface area (Å²) in [4.78, 5) is 7.01. The zero-order valence-electron chi connectivity index (χ0n) is 6.07. The number of aromatic nitrogens is 2. The topological polar surface area (TPSA) is 52.5 Å². The molecule has 0 unspecified atom stereocenters. The lowest BCUT2D eigenvalue weighted by atomic mass is 10.2. The molecule has 0 aliphatic heterocycles. The van der Waals surface area contributed by atoms with E-state index < -0.39 is 0 Å². The fourth-order valence-corrected chi connectivity index (χ4v) is 1.33. The van der Waals surface area contributed by atoms with E-state index >= 15 is 0 Å². The molecule has 0 aliphatic carbocycles. The smallest absolute Gasteiger partial charge is 0.163 e. The Bertz CT molecular complexity index is 467. The molecule has 2 aromatic rings. The first kappa shape index (κ1) is 7.19. The third-order valence-electron chi connectivity index (χ3n) is 1.62. The summed E-state index contributed by atoms with van der Waals surface area (Å²) in [6, 6.07) is 7.48. The van der Waals surface area contributed by atoms with E-state index in [1.165, 1.54) is 0 Å². The van der Waals surface area contributed by atoms with Crippen LogP contribution in [0.5, 0.6) is 0 Å². The highest BCUT2D eigenvalue weighted by Crippen LogP contribution is 2.16. The van der Waals surface area contributed by atoms with Gasteiger partial charge in [0.15, 0.2) is 5.16 Å². The zero-order chi connectivity index (χ0) is 8.55. The van der Waals surface area contributed by atoms with Crippen LogP contribution in [0.2, 0.25) is 0 Å². The second-order valence-electron chi connectivity index (χ2n) is 2.37. The molecule has 3 nitrogen and oxygen atoms in total. The monoisotopic (exact) mass is 175 g/mol. The number of nitrogens with zero attached hydrogens (tertiary/aromatic N) is 2. The molecule has 1 aromatic heterocycles. The summed E-state index contributed by atoms with van der Waals surface area (Å²) in [5, 5.41) is 9.25. The van der Waals surface area contributed by atoms with Crippen LogP contribution in [0.1, 0.15) is 5.56 Å². The SMILES string of the molecule is N#Cc1cccc2[nH]c(S)nc12. The molecular formula is C8H5N3S. The van der Waals surface area contributed by atoms with Gasteiger partial charge in [0.05, 0.1) is 11.1 Å². The van der Waals surface area contributed by atoms with Gasteiger partial charge in [0.25, 0.3) is 0 Å². The van der Waals surface area contributed by atoms with Crippen molar-refractivity contribution in [3.63, 3.8) is 0 Å². The van der Waals surface area contributed by atoms with Gasteiger partial charge in [0.2, 0.25) is 0 Å². The van der Waals surface area contributed by atoms with Crippen LogP contribution in [0.3, 0.4) is 0 Å². The summed E-state index contributed by atoms with van der Waals surface area (Å²) in [5.41, 5.74) is 2.10. The van der Waals surface area contributed by atoms with Crippen LogP contribution in [-0.2, 0) is 0 Å². The largest absolute Gasteiger partial charge is 0.333 e. The molecule has 1 heterocycles. The summed E-state index contributed by atoms with van der Waals surface area (Å²) in [7, 11) is 0. The van der Waals surface area contributed by atoms with Gasteiger partial charge in [-0.1, -0.05) is 6.07 Å². The Hall–Kier alpha value is -1.47. The Morgan fingerprint density at radius 2 is 2.33 bits per heavy atom. The molecule has 0 atom stereocenters. The zero-order valence-corrected chi connectivity index (χ0v) is 6.97. The van der Waals surface area contributed by atoms with E-state index in [1.54, 1.807) is 6.07 Å². The summed E-state index contributed by atoms with van der Waals surface area (Å²) >= 11 is 4.05. The third-order valence-corrected chi connectivity index (χ3v) is 1.83. The van der Waals surface area contributed by atoms with Crippen molar-refractivity contribution in [3.05, 3.63) is 23.8 Å². The van der Waals surface area contributed by atoms with Crippen molar-refractivity contribution in [2.75, 3.05) is 0 Å². The second kappa shape index (κ2) is 2.54. The van der Waals surface area contributed by atoms with Crippen LogP contribution in [0.4, 0.5) is 0 Å². The number of rotatable bonds is 0. The molecule has 0 saturated carbocycles. The summed E-state index contributed by atoms with van der Waals surface area (Å²) in [6.45, 7) is 0. The van der Waals surface area contributed by atoms with Crippen molar-refractivity contribution in [2.24, 2.45) is 0 Å². The van der Waals surface area contributed by atoms with Crippen molar-refractivity contribution in [3.8, 4) is 6.07 Å². The van der Waals surface area contributed by atoms with Gasteiger partial charge < -0.3 is 4.98 Å². The number of nitriles is 1. The minimum Gasteiger partial charge on any atom is -0.333 e. The molecule has 0 fully saturated rings. The highest BCUT2D eigenvalue weighted by Gasteiger charge is 2.03. The molecule has 58 valence electrons. The van der Waals surface area contributed by atoms with Crippen molar-refractivity contribution in [1.82, 2.24) is 9.97 Å². The van der Waals surface area contributed by atoms with Crippen LogP contribution in [0, 0.1) is 11.3 Å². The van der Waals surface area contributed by atoms with Crippen molar-refractivity contribution < 1.29 is 0 Å². The molecule has 0 saturated heterocycles. The highest BCUT2D eigenvalue weighted by atomic mass is 32.1. The molecule has 2 rings (SSSR count). The Morgan fingerprint density at radius 1 is 1.50 bits per heavy atom. The number of thiol groups is 1. The maximum atomic E-state index is 8.72. The predicted octanol–water partition coefficient (Wildman–Crippen LogP) is 1.72. The van der Waals surface area contributed by atoms with Crippen molar-refractivity contribution in [1.29, 1.82) is 5.26 Å². The van der Waals surface area contributed by atoms with E-state index in [1.807, 2.05) is 12.1 Å². The maximum Gasteiger partial charge on any atom is 0.163 e. The number of hydrogen-bond donors (Lipinski definition) is 2. The lowest BCUT2D eigenvalue weighted by Gasteiger charge is -1.87. The standard InChI is InChI=1S/C8H5N3S/c9-4-5-2-1-3-6-7(5)11-8(12)10-6/h1-3H,(H2,10,11,12). The van der Waals surface area contributed by atoms with Gasteiger partial charge in [-0.3, -0.25) is 0 Å². The van der Waals surface area contributed by atoms with E-state index in [9.17, 15) is 0 Å². The van der Waals surface area contributed by atoms with Gasteiger partial charge >= 0.3 is 0 Å². The van der Waals surface area contributed by atoms with Gasteiger partial charge in [-0.05, 0) is 12.1 Å². The molecule has 1 aromatic carbocycles. The molecule has 0 radical (unpaired) electrons. The minimum atomic E-state index is 0.535. The Labute approximate surface area is 74.5 Å². The van der Waals surface area contributed by atoms with Gasteiger partial charge in [-0.2, -0.15) is 5.26 Å². The number of H-pyrrole nitrogens is 1. The number of para-hydroxylation sites is 1. The van der Waals surface area contributed by atoms with E-state index in [4.69, 9.17) is 5.26 Å². The highest BCUT2D eigenvalue weighted by molar-refractivity contribution is 7.80. The summed E-state index contributed by atoms with van der Waals surface area (Å²) in [6.07, 6.45) is 0. The number of imidazole rings is 1. The molecule has 4 heteroatoms. The van der Waals surface area contributed by atoms with Crippen LogP contribution in [-0.4, -0.2) is 9.97 Å². The second-order valence-corrected chi connectivity index (χ2v) is 2.80. The van der Waals surface area contributed by atoms with Gasteiger partial charge in [0.1, 0.15) is 11.6 Å². The average molecular weight is 175 g/mol. The fraction of sp³-hybridized carbons (Fsp3) is 0. The normalized spacial score (nSPS) is 10.0. The quantitative estimate of drug-likeness (QED) is 0.599. The van der Waals surface area contributed by atoms with Crippen LogP contribution < -0.4 is 0 Å². The Morgan fingerprint density at radius 3 is 3.08 bits per heavy atom. The van der Waals surface area contributed by atoms with Gasteiger partial charge in [-0.15, -0.1) is 12.6 Å². The molecule has 0 bridgehead atoms. The fourth-order valence-electron chi connectivity index (χ4n) is 1.11. The molecule has 12 heavy (non-hydrogen) atoms. The summed E-state index contributed by atoms with van der Waals surface area (Å²) < 4.78 is 0. The number of nitrogens with one attached hydrogen (secondary N) is 1. The van der Waals surface area contributed by atoms with Gasteiger partial charge in [-0.25, -0.2) is 4.98 Å². The number of aromatic amines is 1. The predicted molar refractivity (Wildman–Crippen MR) is 48.1 cm³/mol. The molecule has 0 spiro atoms. The van der Waals surface area contributed by atoms with Crippen molar-refractivity contribution in [2.45, 2.75) is 5.16 Å². The lowest BCUT2D eigenvalue weighted by Crippen LogP contribution is -1.76. The van der Waals surface area contributed by atoms with Crippen LogP contribution in [0.15, 0.2) is 23.4 Å². The molecule has 0 aliphatic rings. The van der Waals surface area contributed by atoms with E-state index in [2.05, 4.69) is 28.7 Å². The first-order chi connectivity index (χ1) is 5.81. The lowest BCUT2D eigenvalue weighted by molar-refractivity contribution is 1.09. The molecule has 1 N–H and O–H groups in total. The van der Waals surface area contributed by atoms with E-state index in [-0.39, 0.29) is 0 Å². The minimum absolute atomic E-state index is 0.535. The van der Waals surface area contributed by atoms with E-state index in [0.717, 1.165) is 5.52 Å². The first-order valence-corrected chi connectivity index (χ1v) is 3.84. The van der Waals surface area contributed by atoms with Gasteiger partial charge in [0, 0.05) is 0 Å². The molecular weight excluding hydrogens is 170 g/mol. The Balaban J connectivity index is 2.89. The van der Waals surface area contributed by atoms with E-state index in [0.29, 0.717) is 16.2 Å². The maximum absolute atomic E-state index is 8.72.